The van der Waals surface area contributed by atoms with Crippen LogP contribution in [0.5, 0.6) is 0 Å². The molecule has 0 radical (unpaired) electrons. The molecule has 0 aliphatic carbocycles. The smallest absolute Gasteiger partial charge is 0.247 e. The maximum atomic E-state index is 13.5. The fourth-order valence-corrected chi connectivity index (χ4v) is 4.61. The van der Waals surface area contributed by atoms with E-state index in [1.807, 2.05) is 112 Å². The number of nitrogens with one attached hydrogen (secondary N) is 1. The molecule has 0 bridgehead atoms. The standard InChI is InChI=1S/C31H34N4O2/c1-33(2)27-20-16-24(17-21-27)13-12-23-14-18-26(19-15-23)32-30(36)28-11-8-22-35(28)31(37)29(34(3)4)25-9-6-5-7-10-25/h5-7,9-10,14-21,28-29H,8,11,22H2,1-4H3,(H,32,36)/t28?,29-/m1/s1. The number of carbonyl (C=O) groups is 2. The van der Waals surface area contributed by atoms with Gasteiger partial charge in [0.05, 0.1) is 0 Å². The predicted molar refractivity (Wildman–Crippen MR) is 149 cm³/mol. The van der Waals surface area contributed by atoms with Crippen molar-refractivity contribution in [2.75, 3.05) is 45.0 Å². The van der Waals surface area contributed by atoms with Crippen molar-refractivity contribution < 1.29 is 9.59 Å². The predicted octanol–water partition coefficient (Wildman–Crippen LogP) is 4.38. The third kappa shape index (κ3) is 6.38. The molecule has 0 aromatic heterocycles. The van der Waals surface area contributed by atoms with Gasteiger partial charge in [-0.15, -0.1) is 0 Å². The van der Waals surface area contributed by atoms with Gasteiger partial charge in [0.25, 0.3) is 0 Å². The molecule has 1 unspecified atom stereocenters. The van der Waals surface area contributed by atoms with E-state index in [1.165, 1.54) is 0 Å². The van der Waals surface area contributed by atoms with Crippen LogP contribution in [0.15, 0.2) is 78.9 Å². The van der Waals surface area contributed by atoms with E-state index in [-0.39, 0.29) is 11.8 Å². The Morgan fingerprint density at radius 2 is 1.46 bits per heavy atom. The Hall–Kier alpha value is -4.08. The van der Waals surface area contributed by atoms with Crippen LogP contribution < -0.4 is 10.2 Å². The molecule has 1 saturated heterocycles. The average Bonchev–Trinajstić information content (AvgIpc) is 3.39. The van der Waals surface area contributed by atoms with Gasteiger partial charge >= 0.3 is 0 Å². The van der Waals surface area contributed by atoms with Crippen LogP contribution in [0.2, 0.25) is 0 Å². The van der Waals surface area contributed by atoms with Crippen LogP contribution >= 0.6 is 0 Å². The Bertz CT molecular complexity index is 1270. The maximum Gasteiger partial charge on any atom is 0.247 e. The molecule has 1 fully saturated rings. The normalized spacial score (nSPS) is 15.6. The van der Waals surface area contributed by atoms with Gasteiger partial charge < -0.3 is 15.1 Å². The number of anilines is 2. The summed E-state index contributed by atoms with van der Waals surface area (Å²) in [5.74, 6) is 6.15. The quantitative estimate of drug-likeness (QED) is 0.517. The molecule has 1 N–H and O–H groups in total. The molecule has 1 aliphatic rings. The van der Waals surface area contributed by atoms with Gasteiger partial charge in [-0.3, -0.25) is 14.5 Å². The Morgan fingerprint density at radius 3 is 2.03 bits per heavy atom. The topological polar surface area (TPSA) is 55.9 Å². The third-order valence-electron chi connectivity index (χ3n) is 6.59. The van der Waals surface area contributed by atoms with E-state index in [4.69, 9.17) is 0 Å². The molecule has 0 spiro atoms. The molecule has 37 heavy (non-hydrogen) atoms. The number of amides is 2. The van der Waals surface area contributed by atoms with Crippen molar-refractivity contribution in [2.45, 2.75) is 24.9 Å². The fourth-order valence-electron chi connectivity index (χ4n) is 4.61. The second kappa shape index (κ2) is 11.8. The monoisotopic (exact) mass is 494 g/mol. The summed E-state index contributed by atoms with van der Waals surface area (Å²) in [6, 6.07) is 24.4. The molecule has 4 rings (SSSR count). The lowest BCUT2D eigenvalue weighted by Gasteiger charge is -2.31. The summed E-state index contributed by atoms with van der Waals surface area (Å²) in [6.07, 6.45) is 1.46. The van der Waals surface area contributed by atoms with Crippen molar-refractivity contribution in [2.24, 2.45) is 0 Å². The van der Waals surface area contributed by atoms with Gasteiger partial charge in [0, 0.05) is 43.1 Å². The third-order valence-corrected chi connectivity index (χ3v) is 6.59. The number of carbonyl (C=O) groups excluding carboxylic acids is 2. The Kier molecular flexibility index (Phi) is 8.27. The van der Waals surface area contributed by atoms with Crippen LogP contribution in [0.25, 0.3) is 0 Å². The lowest BCUT2D eigenvalue weighted by molar-refractivity contribution is -0.140. The van der Waals surface area contributed by atoms with E-state index in [1.54, 1.807) is 4.90 Å². The van der Waals surface area contributed by atoms with Crippen LogP contribution in [0.3, 0.4) is 0 Å². The Balaban J connectivity index is 1.41. The first-order valence-electron chi connectivity index (χ1n) is 12.6. The maximum absolute atomic E-state index is 13.5. The van der Waals surface area contributed by atoms with E-state index in [0.717, 1.165) is 28.8 Å². The minimum Gasteiger partial charge on any atom is -0.378 e. The molecule has 0 saturated carbocycles. The molecule has 1 heterocycles. The highest BCUT2D eigenvalue weighted by Gasteiger charge is 2.38. The van der Waals surface area contributed by atoms with E-state index in [2.05, 4.69) is 22.1 Å². The van der Waals surface area contributed by atoms with E-state index in [9.17, 15) is 9.59 Å². The zero-order chi connectivity index (χ0) is 26.4. The fraction of sp³-hybridized carbons (Fsp3) is 0.290. The van der Waals surface area contributed by atoms with Gasteiger partial charge in [0.15, 0.2) is 0 Å². The summed E-state index contributed by atoms with van der Waals surface area (Å²) < 4.78 is 0. The molecule has 3 aromatic rings. The first-order chi connectivity index (χ1) is 17.8. The second-order valence-corrected chi connectivity index (χ2v) is 9.72. The number of hydrogen-bond donors (Lipinski definition) is 1. The van der Waals surface area contributed by atoms with Crippen LogP contribution in [-0.4, -0.2) is 62.4 Å². The zero-order valence-electron chi connectivity index (χ0n) is 21.9. The Labute approximate surface area is 219 Å². The summed E-state index contributed by atoms with van der Waals surface area (Å²) in [6.45, 7) is 0.581. The van der Waals surface area contributed by atoms with E-state index < -0.39 is 12.1 Å². The van der Waals surface area contributed by atoms with Crippen LogP contribution in [-0.2, 0) is 9.59 Å². The SMILES string of the molecule is CN(C)c1ccc(C#Cc2ccc(NC(=O)C3CCCN3C(=O)[C@@H](c3ccccc3)N(C)C)cc2)cc1. The lowest BCUT2D eigenvalue weighted by Crippen LogP contribution is -2.47. The van der Waals surface area contributed by atoms with Gasteiger partial charge in [0.1, 0.15) is 12.1 Å². The molecule has 190 valence electrons. The number of nitrogens with zero attached hydrogens (tertiary/aromatic N) is 3. The molecule has 6 nitrogen and oxygen atoms in total. The van der Waals surface area contributed by atoms with Gasteiger partial charge in [-0.05, 0) is 81.0 Å². The summed E-state index contributed by atoms with van der Waals surface area (Å²) in [7, 11) is 7.80. The number of rotatable bonds is 6. The van der Waals surface area contributed by atoms with Crippen molar-refractivity contribution in [3.8, 4) is 11.8 Å². The highest BCUT2D eigenvalue weighted by atomic mass is 16.2. The van der Waals surface area contributed by atoms with Crippen LogP contribution in [0.1, 0.15) is 35.6 Å². The summed E-state index contributed by atoms with van der Waals surface area (Å²) in [5.41, 5.74) is 4.56. The van der Waals surface area contributed by atoms with Gasteiger partial charge in [-0.1, -0.05) is 42.2 Å². The lowest BCUT2D eigenvalue weighted by atomic mass is 10.0. The van der Waals surface area contributed by atoms with Gasteiger partial charge in [0.2, 0.25) is 11.8 Å². The van der Waals surface area contributed by atoms with Gasteiger partial charge in [-0.2, -0.15) is 0 Å². The summed E-state index contributed by atoms with van der Waals surface area (Å²) >= 11 is 0. The number of benzene rings is 3. The van der Waals surface area contributed by atoms with Gasteiger partial charge in [-0.25, -0.2) is 0 Å². The number of hydrogen-bond acceptors (Lipinski definition) is 4. The number of likely N-dealkylation sites (N-methyl/N-ethyl adjacent to an activating group) is 1. The van der Waals surface area contributed by atoms with Crippen molar-refractivity contribution in [1.29, 1.82) is 0 Å². The van der Waals surface area contributed by atoms with E-state index >= 15 is 0 Å². The molecule has 2 atom stereocenters. The Morgan fingerprint density at radius 1 is 0.865 bits per heavy atom. The molecular weight excluding hydrogens is 460 g/mol. The van der Waals surface area contributed by atoms with Crippen molar-refractivity contribution in [3.05, 3.63) is 95.6 Å². The number of likely N-dealkylation sites (tertiary alicyclic amines) is 1. The second-order valence-electron chi connectivity index (χ2n) is 9.72. The van der Waals surface area contributed by atoms with Crippen molar-refractivity contribution in [1.82, 2.24) is 9.80 Å². The molecule has 1 aliphatic heterocycles. The summed E-state index contributed by atoms with van der Waals surface area (Å²) in [4.78, 5) is 32.4. The largest absolute Gasteiger partial charge is 0.378 e. The zero-order valence-corrected chi connectivity index (χ0v) is 21.9. The summed E-state index contributed by atoms with van der Waals surface area (Å²) in [5, 5.41) is 3.00. The van der Waals surface area contributed by atoms with Crippen molar-refractivity contribution in [3.63, 3.8) is 0 Å². The first-order valence-corrected chi connectivity index (χ1v) is 12.6. The minimum absolute atomic E-state index is 0.0434. The van der Waals surface area contributed by atoms with Crippen molar-refractivity contribution >= 4 is 23.2 Å². The molecule has 2 amide bonds. The average molecular weight is 495 g/mol. The molecule has 3 aromatic carbocycles. The highest BCUT2D eigenvalue weighted by molar-refractivity contribution is 5.98. The van der Waals surface area contributed by atoms with Crippen LogP contribution in [0, 0.1) is 11.8 Å². The van der Waals surface area contributed by atoms with E-state index in [0.29, 0.717) is 18.7 Å². The first kappa shape index (κ1) is 26.0. The minimum atomic E-state index is -0.483. The highest BCUT2D eigenvalue weighted by Crippen LogP contribution is 2.27. The van der Waals surface area contributed by atoms with Crippen LogP contribution in [0.4, 0.5) is 11.4 Å². The molecule has 6 heteroatoms. The molecular formula is C31H34N4O2.